The van der Waals surface area contributed by atoms with Crippen LogP contribution in [0, 0.1) is 6.92 Å². The third-order valence-corrected chi connectivity index (χ3v) is 5.65. The highest BCUT2D eigenvalue weighted by Crippen LogP contribution is 2.40. The largest absolute Gasteiger partial charge is 0.490 e. The molecule has 0 aliphatic carbocycles. The molecule has 3 atom stereocenters. The highest BCUT2D eigenvalue weighted by Gasteiger charge is 2.41. The Balaban J connectivity index is 1.74. The topological polar surface area (TPSA) is 38.7 Å². The number of aliphatic hydroxyl groups excluding tert-OH is 1. The van der Waals surface area contributed by atoms with E-state index in [2.05, 4.69) is 0 Å². The van der Waals surface area contributed by atoms with Crippen molar-refractivity contribution in [3.05, 3.63) is 29.3 Å². The first-order chi connectivity index (χ1) is 10.1. The van der Waals surface area contributed by atoms with Crippen molar-refractivity contribution >= 4 is 11.8 Å². The lowest BCUT2D eigenvalue weighted by atomic mass is 9.91. The van der Waals surface area contributed by atoms with Crippen LogP contribution >= 0.6 is 11.8 Å². The maximum Gasteiger partial charge on any atom is 0.125 e. The fourth-order valence-corrected chi connectivity index (χ4v) is 4.61. The van der Waals surface area contributed by atoms with Gasteiger partial charge in [-0.05, 0) is 38.2 Å². The Morgan fingerprint density at radius 2 is 2.33 bits per heavy atom. The Kier molecular flexibility index (Phi) is 4.48. The Bertz CT molecular complexity index is 495. The molecule has 2 unspecified atom stereocenters. The molecule has 0 radical (unpaired) electrons. The number of ether oxygens (including phenoxy) is 2. The zero-order chi connectivity index (χ0) is 14.9. The second-order valence-electron chi connectivity index (χ2n) is 6.28. The maximum atomic E-state index is 9.96. The minimum absolute atomic E-state index is 0.0310. The monoisotopic (exact) mass is 308 g/mol. The van der Waals surface area contributed by atoms with Crippen molar-refractivity contribution in [2.75, 3.05) is 18.1 Å². The molecule has 0 saturated carbocycles. The van der Waals surface area contributed by atoms with Gasteiger partial charge >= 0.3 is 0 Å². The first kappa shape index (κ1) is 15.2. The van der Waals surface area contributed by atoms with Crippen LogP contribution in [0.4, 0.5) is 0 Å². The predicted molar refractivity (Wildman–Crippen MR) is 86.1 cm³/mol. The van der Waals surface area contributed by atoms with E-state index < -0.39 is 6.10 Å². The lowest BCUT2D eigenvalue weighted by Gasteiger charge is -2.38. The summed E-state index contributed by atoms with van der Waals surface area (Å²) in [6.07, 6.45) is 2.72. The van der Waals surface area contributed by atoms with E-state index in [1.165, 1.54) is 5.75 Å². The Labute approximate surface area is 131 Å². The third-order valence-electron chi connectivity index (χ3n) is 4.42. The molecule has 21 heavy (non-hydrogen) atoms. The molecule has 1 N–H and O–H groups in total. The number of aryl methyl sites for hydroxylation is 1. The van der Waals surface area contributed by atoms with Crippen LogP contribution < -0.4 is 4.74 Å². The Hall–Kier alpha value is -0.710. The van der Waals surface area contributed by atoms with Crippen LogP contribution in [0.5, 0.6) is 5.75 Å². The van der Waals surface area contributed by atoms with Gasteiger partial charge in [0.05, 0.1) is 18.3 Å². The summed E-state index contributed by atoms with van der Waals surface area (Å²) in [5, 5.41) is 9.96. The van der Waals surface area contributed by atoms with Crippen molar-refractivity contribution in [2.45, 2.75) is 50.9 Å². The van der Waals surface area contributed by atoms with E-state index in [0.29, 0.717) is 0 Å². The van der Waals surface area contributed by atoms with Gasteiger partial charge in [0.2, 0.25) is 0 Å². The molecule has 116 valence electrons. The third kappa shape index (κ3) is 3.38. The zero-order valence-electron chi connectivity index (χ0n) is 12.8. The zero-order valence-corrected chi connectivity index (χ0v) is 13.6. The summed E-state index contributed by atoms with van der Waals surface area (Å²) in [7, 11) is 0. The fraction of sp³-hybridized carbons (Fsp3) is 0.647. The molecule has 0 bridgehead atoms. The van der Waals surface area contributed by atoms with Crippen LogP contribution in [0.2, 0.25) is 0 Å². The smallest absolute Gasteiger partial charge is 0.125 e. The van der Waals surface area contributed by atoms with Crippen LogP contribution in [-0.4, -0.2) is 34.9 Å². The first-order valence-corrected chi connectivity index (χ1v) is 8.90. The second kappa shape index (κ2) is 6.19. The summed E-state index contributed by atoms with van der Waals surface area (Å²) < 4.78 is 12.3. The second-order valence-corrected chi connectivity index (χ2v) is 7.39. The van der Waals surface area contributed by atoms with E-state index in [0.717, 1.165) is 48.5 Å². The minimum Gasteiger partial charge on any atom is -0.490 e. The summed E-state index contributed by atoms with van der Waals surface area (Å²) in [4.78, 5) is 0. The summed E-state index contributed by atoms with van der Waals surface area (Å²) in [5.74, 6) is 3.10. The van der Waals surface area contributed by atoms with E-state index in [1.54, 1.807) is 6.92 Å². The molecule has 0 aromatic heterocycles. The van der Waals surface area contributed by atoms with Crippen LogP contribution in [0.15, 0.2) is 18.2 Å². The van der Waals surface area contributed by atoms with Gasteiger partial charge in [0, 0.05) is 24.2 Å². The summed E-state index contributed by atoms with van der Waals surface area (Å²) in [6, 6.07) is 6.05. The van der Waals surface area contributed by atoms with Gasteiger partial charge in [0.15, 0.2) is 0 Å². The van der Waals surface area contributed by atoms with Gasteiger partial charge in [-0.3, -0.25) is 0 Å². The highest BCUT2D eigenvalue weighted by molar-refractivity contribution is 7.99. The average molecular weight is 308 g/mol. The molecule has 2 saturated heterocycles. The Morgan fingerprint density at radius 1 is 1.48 bits per heavy atom. The van der Waals surface area contributed by atoms with Crippen LogP contribution in [-0.2, 0) is 4.74 Å². The van der Waals surface area contributed by atoms with Crippen molar-refractivity contribution in [2.24, 2.45) is 0 Å². The van der Waals surface area contributed by atoms with E-state index in [9.17, 15) is 5.11 Å². The SMILES string of the molecule is Cc1ccc(OC2CCOC3(CCSC3)C2)c([C@@H](C)O)c1. The van der Waals surface area contributed by atoms with Gasteiger partial charge in [-0.1, -0.05) is 11.6 Å². The van der Waals surface area contributed by atoms with Gasteiger partial charge in [-0.15, -0.1) is 0 Å². The molecule has 2 aliphatic rings. The number of hydrogen-bond acceptors (Lipinski definition) is 4. The van der Waals surface area contributed by atoms with Gasteiger partial charge in [0.1, 0.15) is 11.9 Å². The maximum absolute atomic E-state index is 9.96. The number of benzene rings is 1. The summed E-state index contributed by atoms with van der Waals surface area (Å²) in [6.45, 7) is 4.61. The molecule has 4 heteroatoms. The van der Waals surface area contributed by atoms with Gasteiger partial charge in [0.25, 0.3) is 0 Å². The molecule has 1 spiro atoms. The van der Waals surface area contributed by atoms with Crippen molar-refractivity contribution in [1.82, 2.24) is 0 Å². The standard InChI is InChI=1S/C17H24O3S/c1-12-3-4-16(15(9-12)13(2)18)20-14-5-7-19-17(10-14)6-8-21-11-17/h3-4,9,13-14,18H,5-8,10-11H2,1-2H3/t13-,14?,17?/m1/s1. The van der Waals surface area contributed by atoms with Gasteiger partial charge in [-0.25, -0.2) is 0 Å². The van der Waals surface area contributed by atoms with Crippen LogP contribution in [0.1, 0.15) is 43.4 Å². The molecule has 2 fully saturated rings. The molecule has 3 nitrogen and oxygen atoms in total. The number of aliphatic hydroxyl groups is 1. The van der Waals surface area contributed by atoms with E-state index in [4.69, 9.17) is 9.47 Å². The highest BCUT2D eigenvalue weighted by atomic mass is 32.2. The molecular weight excluding hydrogens is 284 g/mol. The fourth-order valence-electron chi connectivity index (χ4n) is 3.23. The first-order valence-electron chi connectivity index (χ1n) is 7.75. The normalized spacial score (nSPS) is 30.5. The molecule has 2 heterocycles. The molecule has 1 aromatic rings. The number of hydrogen-bond donors (Lipinski definition) is 1. The Morgan fingerprint density at radius 3 is 3.05 bits per heavy atom. The molecule has 1 aromatic carbocycles. The molecule has 2 aliphatic heterocycles. The van der Waals surface area contributed by atoms with Crippen LogP contribution in [0.25, 0.3) is 0 Å². The minimum atomic E-state index is -0.504. The van der Waals surface area contributed by atoms with E-state index in [1.807, 2.05) is 36.9 Å². The van der Waals surface area contributed by atoms with Crippen LogP contribution in [0.3, 0.4) is 0 Å². The summed E-state index contributed by atoms with van der Waals surface area (Å²) >= 11 is 1.98. The molecular formula is C17H24O3S. The van der Waals surface area contributed by atoms with Crippen molar-refractivity contribution < 1.29 is 14.6 Å². The lowest BCUT2D eigenvalue weighted by molar-refractivity contribution is -0.0961. The molecule has 3 rings (SSSR count). The van der Waals surface area contributed by atoms with Crippen molar-refractivity contribution in [3.63, 3.8) is 0 Å². The summed E-state index contributed by atoms with van der Waals surface area (Å²) in [5.41, 5.74) is 2.06. The predicted octanol–water partition coefficient (Wildman–Crippen LogP) is 3.48. The molecule has 0 amide bonds. The lowest BCUT2D eigenvalue weighted by Crippen LogP contribution is -2.43. The van der Waals surface area contributed by atoms with E-state index in [-0.39, 0.29) is 11.7 Å². The van der Waals surface area contributed by atoms with Crippen molar-refractivity contribution in [1.29, 1.82) is 0 Å². The number of rotatable bonds is 3. The van der Waals surface area contributed by atoms with Gasteiger partial charge < -0.3 is 14.6 Å². The van der Waals surface area contributed by atoms with E-state index >= 15 is 0 Å². The number of thioether (sulfide) groups is 1. The average Bonchev–Trinajstić information content (AvgIpc) is 2.88. The van der Waals surface area contributed by atoms with Crippen molar-refractivity contribution in [3.8, 4) is 5.75 Å². The quantitative estimate of drug-likeness (QED) is 0.928. The van der Waals surface area contributed by atoms with Gasteiger partial charge in [-0.2, -0.15) is 11.8 Å².